The normalized spacial score (nSPS) is 17.0. The Morgan fingerprint density at radius 2 is 1.79 bits per heavy atom. The summed E-state index contributed by atoms with van der Waals surface area (Å²) in [5.41, 5.74) is 4.20. The van der Waals surface area contributed by atoms with Gasteiger partial charge in [-0.25, -0.2) is 9.37 Å². The number of fused-ring (bicyclic) bond motifs is 1. The summed E-state index contributed by atoms with van der Waals surface area (Å²) in [6.07, 6.45) is 2.79. The monoisotopic (exact) mass is 463 g/mol. The standard InChI is InChI=1S/C22H29N3O2.C6H5F/c1-3-24-12-10-18(11-13-24)25-14-9-16-7-8-17(15-20(16)25)22(26)19-5-4-6-21(23-19)27-2;7-6-4-2-1-3-5-6/h4-8,15,18,22,26H,3,9-14H2,1-2H3;1-5H. The van der Waals surface area contributed by atoms with E-state index in [0.29, 0.717) is 17.6 Å². The first-order chi connectivity index (χ1) is 16.6. The Labute approximate surface area is 201 Å². The molecule has 1 saturated heterocycles. The number of benzene rings is 2. The number of ether oxygens (including phenoxy) is 1. The van der Waals surface area contributed by atoms with E-state index in [-0.39, 0.29) is 5.82 Å². The van der Waals surface area contributed by atoms with Crippen LogP contribution >= 0.6 is 0 Å². The Morgan fingerprint density at radius 3 is 2.44 bits per heavy atom. The van der Waals surface area contributed by atoms with E-state index in [2.05, 4.69) is 33.8 Å². The fraction of sp³-hybridized carbons (Fsp3) is 0.393. The lowest BCUT2D eigenvalue weighted by atomic mass is 10.0. The fourth-order valence-electron chi connectivity index (χ4n) is 4.80. The van der Waals surface area contributed by atoms with Crippen molar-refractivity contribution < 1.29 is 14.2 Å². The van der Waals surface area contributed by atoms with Crippen LogP contribution in [0.5, 0.6) is 5.88 Å². The maximum Gasteiger partial charge on any atom is 0.213 e. The van der Waals surface area contributed by atoms with Gasteiger partial charge in [-0.05, 0) is 61.2 Å². The van der Waals surface area contributed by atoms with Crippen LogP contribution in [-0.4, -0.2) is 54.3 Å². The van der Waals surface area contributed by atoms with E-state index in [1.165, 1.54) is 49.3 Å². The Bertz CT molecular complexity index is 1050. The van der Waals surface area contributed by atoms with Crippen LogP contribution in [-0.2, 0) is 6.42 Å². The predicted octanol–water partition coefficient (Wildman–Crippen LogP) is 4.84. The number of hydrogen-bond acceptors (Lipinski definition) is 5. The van der Waals surface area contributed by atoms with Crippen molar-refractivity contribution in [3.05, 3.63) is 89.4 Å². The molecule has 2 aliphatic heterocycles. The number of rotatable bonds is 5. The van der Waals surface area contributed by atoms with Gasteiger partial charge < -0.3 is 19.6 Å². The molecule has 1 fully saturated rings. The van der Waals surface area contributed by atoms with Gasteiger partial charge in [-0.2, -0.15) is 0 Å². The molecule has 1 aromatic heterocycles. The molecule has 0 amide bonds. The quantitative estimate of drug-likeness (QED) is 0.587. The lowest BCUT2D eigenvalue weighted by Crippen LogP contribution is -2.44. The summed E-state index contributed by atoms with van der Waals surface area (Å²) >= 11 is 0. The van der Waals surface area contributed by atoms with Crippen molar-refractivity contribution in [1.82, 2.24) is 9.88 Å². The molecule has 1 atom stereocenters. The molecular weight excluding hydrogens is 429 g/mol. The number of aromatic nitrogens is 1. The number of hydrogen-bond donors (Lipinski definition) is 1. The first-order valence-corrected chi connectivity index (χ1v) is 12.1. The Balaban J connectivity index is 0.000000336. The molecule has 3 aromatic rings. The summed E-state index contributed by atoms with van der Waals surface area (Å²) in [5, 5.41) is 10.9. The zero-order chi connectivity index (χ0) is 23.9. The van der Waals surface area contributed by atoms with Crippen LogP contribution in [0.3, 0.4) is 0 Å². The molecule has 0 aliphatic carbocycles. The van der Waals surface area contributed by atoms with Gasteiger partial charge in [0.25, 0.3) is 0 Å². The van der Waals surface area contributed by atoms with Gasteiger partial charge in [-0.3, -0.25) is 0 Å². The fourth-order valence-corrected chi connectivity index (χ4v) is 4.80. The number of nitrogens with zero attached hydrogens (tertiary/aromatic N) is 3. The van der Waals surface area contributed by atoms with Crippen LogP contribution in [0.1, 0.15) is 42.7 Å². The van der Waals surface area contributed by atoms with Crippen molar-refractivity contribution in [2.24, 2.45) is 0 Å². The van der Waals surface area contributed by atoms with Gasteiger partial charge in [-0.15, -0.1) is 0 Å². The van der Waals surface area contributed by atoms with Crippen LogP contribution in [0.25, 0.3) is 0 Å². The number of anilines is 1. The third-order valence-electron chi connectivity index (χ3n) is 6.77. The van der Waals surface area contributed by atoms with Gasteiger partial charge in [0, 0.05) is 37.4 Å². The Morgan fingerprint density at radius 1 is 1.03 bits per heavy atom. The summed E-state index contributed by atoms with van der Waals surface area (Å²) in [6.45, 7) is 6.84. The maximum atomic E-state index is 11.9. The van der Waals surface area contributed by atoms with Crippen LogP contribution in [0.2, 0.25) is 0 Å². The van der Waals surface area contributed by atoms with Crippen molar-refractivity contribution in [3.63, 3.8) is 0 Å². The molecule has 5 rings (SSSR count). The average molecular weight is 464 g/mol. The minimum Gasteiger partial charge on any atom is -0.481 e. The van der Waals surface area contributed by atoms with Gasteiger partial charge in [0.1, 0.15) is 11.9 Å². The van der Waals surface area contributed by atoms with Gasteiger partial charge in [0.05, 0.1) is 12.8 Å². The Kier molecular flexibility index (Phi) is 8.14. The van der Waals surface area contributed by atoms with Crippen molar-refractivity contribution in [1.29, 1.82) is 0 Å². The molecule has 2 aromatic carbocycles. The smallest absolute Gasteiger partial charge is 0.213 e. The highest BCUT2D eigenvalue weighted by atomic mass is 19.1. The molecule has 0 saturated carbocycles. The molecule has 2 aliphatic rings. The summed E-state index contributed by atoms with van der Waals surface area (Å²) < 4.78 is 17.1. The minimum atomic E-state index is -0.741. The molecule has 1 N–H and O–H groups in total. The number of halogens is 1. The maximum absolute atomic E-state index is 11.9. The Hall–Kier alpha value is -2.96. The minimum absolute atomic E-state index is 0.178. The highest BCUT2D eigenvalue weighted by Gasteiger charge is 2.29. The summed E-state index contributed by atoms with van der Waals surface area (Å²) in [7, 11) is 1.59. The predicted molar refractivity (Wildman–Crippen MR) is 134 cm³/mol. The van der Waals surface area contributed by atoms with Crippen molar-refractivity contribution >= 4 is 5.69 Å². The van der Waals surface area contributed by atoms with Crippen LogP contribution in [0.4, 0.5) is 10.1 Å². The van der Waals surface area contributed by atoms with E-state index in [1.807, 2.05) is 18.2 Å². The summed E-state index contributed by atoms with van der Waals surface area (Å²) in [5.74, 6) is 0.347. The second-order valence-corrected chi connectivity index (χ2v) is 8.80. The van der Waals surface area contributed by atoms with E-state index < -0.39 is 6.10 Å². The number of aliphatic hydroxyl groups is 1. The number of methoxy groups -OCH3 is 1. The SMILES string of the molecule is CCN1CCC(N2CCc3ccc(C(O)c4cccc(OC)n4)cc32)CC1.Fc1ccccc1. The van der Waals surface area contributed by atoms with Gasteiger partial charge in [0.2, 0.25) is 5.88 Å². The van der Waals surface area contributed by atoms with Gasteiger partial charge in [0.15, 0.2) is 0 Å². The molecule has 0 spiro atoms. The third kappa shape index (κ3) is 5.75. The number of likely N-dealkylation sites (tertiary alicyclic amines) is 1. The first kappa shape index (κ1) is 24.2. The van der Waals surface area contributed by atoms with E-state index in [0.717, 1.165) is 25.1 Å². The molecule has 6 heteroatoms. The zero-order valence-corrected chi connectivity index (χ0v) is 20.0. The van der Waals surface area contributed by atoms with Crippen LogP contribution < -0.4 is 9.64 Å². The topological polar surface area (TPSA) is 48.8 Å². The van der Waals surface area contributed by atoms with Crippen LogP contribution in [0, 0.1) is 5.82 Å². The number of aliphatic hydroxyl groups excluding tert-OH is 1. The second kappa shape index (κ2) is 11.4. The molecule has 180 valence electrons. The van der Waals surface area contributed by atoms with Crippen molar-refractivity contribution in [2.75, 3.05) is 38.2 Å². The van der Waals surface area contributed by atoms with Crippen LogP contribution in [0.15, 0.2) is 66.7 Å². The number of pyridine rings is 1. The number of piperidine rings is 1. The third-order valence-corrected chi connectivity index (χ3v) is 6.77. The largest absolute Gasteiger partial charge is 0.481 e. The summed E-state index contributed by atoms with van der Waals surface area (Å²) in [6, 6.07) is 20.4. The van der Waals surface area contributed by atoms with E-state index >= 15 is 0 Å². The molecular formula is C28H34FN3O2. The van der Waals surface area contributed by atoms with E-state index in [9.17, 15) is 9.50 Å². The van der Waals surface area contributed by atoms with Gasteiger partial charge >= 0.3 is 0 Å². The van der Waals surface area contributed by atoms with E-state index in [4.69, 9.17) is 4.74 Å². The molecule has 5 nitrogen and oxygen atoms in total. The first-order valence-electron chi connectivity index (χ1n) is 12.1. The average Bonchev–Trinajstić information content (AvgIpc) is 3.32. The van der Waals surface area contributed by atoms with E-state index in [1.54, 1.807) is 31.4 Å². The highest BCUT2D eigenvalue weighted by molar-refractivity contribution is 5.61. The molecule has 0 radical (unpaired) electrons. The van der Waals surface area contributed by atoms with Crippen molar-refractivity contribution in [2.45, 2.75) is 38.3 Å². The van der Waals surface area contributed by atoms with Gasteiger partial charge in [-0.1, -0.05) is 43.3 Å². The van der Waals surface area contributed by atoms with Crippen molar-refractivity contribution in [3.8, 4) is 5.88 Å². The highest BCUT2D eigenvalue weighted by Crippen LogP contribution is 2.35. The lowest BCUT2D eigenvalue weighted by Gasteiger charge is -2.37. The second-order valence-electron chi connectivity index (χ2n) is 8.80. The molecule has 34 heavy (non-hydrogen) atoms. The molecule has 0 bridgehead atoms. The molecule has 1 unspecified atom stereocenters. The zero-order valence-electron chi connectivity index (χ0n) is 20.0. The molecule has 3 heterocycles. The summed E-state index contributed by atoms with van der Waals surface area (Å²) in [4.78, 5) is 9.49. The lowest BCUT2D eigenvalue weighted by molar-refractivity contribution is 0.213.